The lowest BCUT2D eigenvalue weighted by Gasteiger charge is -2.13. The minimum Gasteiger partial charge on any atom is -0.676 e. The lowest BCUT2D eigenvalue weighted by molar-refractivity contribution is -0.142. The summed E-state index contributed by atoms with van der Waals surface area (Å²) in [5, 5.41) is 5.19. The third-order valence-electron chi connectivity index (χ3n) is 3.59. The van der Waals surface area contributed by atoms with Crippen molar-refractivity contribution in [1.29, 1.82) is 0 Å². The van der Waals surface area contributed by atoms with Crippen molar-refractivity contribution in [2.75, 3.05) is 32.8 Å². The van der Waals surface area contributed by atoms with Gasteiger partial charge < -0.3 is 30.6 Å². The van der Waals surface area contributed by atoms with Crippen molar-refractivity contribution >= 4 is 18.0 Å². The first-order chi connectivity index (χ1) is 13.3. The highest BCUT2D eigenvalue weighted by Crippen LogP contribution is 2.25. The van der Waals surface area contributed by atoms with Crippen LogP contribution in [0.2, 0.25) is 0 Å². The van der Waals surface area contributed by atoms with Crippen LogP contribution in [0.15, 0.2) is 12.1 Å². The van der Waals surface area contributed by atoms with E-state index in [1.807, 2.05) is 0 Å². The van der Waals surface area contributed by atoms with Crippen LogP contribution in [0.25, 0.3) is 5.73 Å². The quantitative estimate of drug-likeness (QED) is 0.437. The van der Waals surface area contributed by atoms with Crippen LogP contribution in [0, 0.1) is 13.8 Å². The molecule has 0 unspecified atom stereocenters. The molecule has 0 bridgehead atoms. The van der Waals surface area contributed by atoms with Crippen molar-refractivity contribution in [2.45, 2.75) is 33.8 Å². The van der Waals surface area contributed by atoms with E-state index in [1.54, 1.807) is 26.0 Å². The average Bonchev–Trinajstić information content (AvgIpc) is 2.63. The highest BCUT2D eigenvalue weighted by atomic mass is 16.6. The van der Waals surface area contributed by atoms with E-state index >= 15 is 0 Å². The monoisotopic (exact) mass is 394 g/mol. The molecule has 28 heavy (non-hydrogen) atoms. The van der Waals surface area contributed by atoms with Crippen molar-refractivity contribution in [3.05, 3.63) is 34.6 Å². The van der Waals surface area contributed by atoms with Crippen molar-refractivity contribution in [3.63, 3.8) is 0 Å². The molecule has 9 heteroatoms. The fourth-order valence-electron chi connectivity index (χ4n) is 2.40. The lowest BCUT2D eigenvalue weighted by Crippen LogP contribution is -2.33. The zero-order chi connectivity index (χ0) is 20.9. The predicted octanol–water partition coefficient (Wildman–Crippen LogP) is 2.03. The van der Waals surface area contributed by atoms with E-state index in [0.717, 1.165) is 16.7 Å². The number of aryl methyl sites for hydroxylation is 2. The van der Waals surface area contributed by atoms with Crippen LogP contribution in [0.1, 0.15) is 30.0 Å². The number of rotatable bonds is 11. The zero-order valence-electron chi connectivity index (χ0n) is 16.6. The Kier molecular flexibility index (Phi) is 10.6. The zero-order valence-corrected chi connectivity index (χ0v) is 16.6. The van der Waals surface area contributed by atoms with Crippen molar-refractivity contribution < 1.29 is 28.6 Å². The molecule has 0 saturated carbocycles. The highest BCUT2D eigenvalue weighted by molar-refractivity contribution is 5.77. The Bertz CT molecular complexity index is 655. The summed E-state index contributed by atoms with van der Waals surface area (Å²) in [5.74, 6) is -0.142. The Morgan fingerprint density at radius 3 is 2.32 bits per heavy atom. The van der Waals surface area contributed by atoms with Crippen LogP contribution < -0.4 is 15.4 Å². The molecule has 0 aliphatic heterocycles. The standard InChI is InChI=1S/C19H28N3O6/c1-13-10-16(12-27-15(3)23)11-14(2)18(13)28-19(25)22-6-4-17(24)21-7-9-26-8-5-20/h10-11,20H,4-9,12H2,1-3H3,(H,21,24)(H,22,25)/q-1. The first-order valence-corrected chi connectivity index (χ1v) is 9.01. The van der Waals surface area contributed by atoms with Gasteiger partial charge in [0.05, 0.1) is 6.61 Å². The summed E-state index contributed by atoms with van der Waals surface area (Å²) in [5.41, 5.74) is 9.21. The maximum atomic E-state index is 12.0. The van der Waals surface area contributed by atoms with Crippen LogP contribution in [0.3, 0.4) is 0 Å². The number of carbonyl (C=O) groups excluding carboxylic acids is 3. The summed E-state index contributed by atoms with van der Waals surface area (Å²) in [6, 6.07) is 3.57. The molecule has 1 aromatic carbocycles. The number of ether oxygens (including phenoxy) is 3. The molecule has 0 radical (unpaired) electrons. The third-order valence-corrected chi connectivity index (χ3v) is 3.59. The van der Waals surface area contributed by atoms with E-state index in [2.05, 4.69) is 10.6 Å². The van der Waals surface area contributed by atoms with E-state index < -0.39 is 6.09 Å². The van der Waals surface area contributed by atoms with Crippen molar-refractivity contribution in [3.8, 4) is 5.75 Å². The van der Waals surface area contributed by atoms with Gasteiger partial charge in [0.15, 0.2) is 0 Å². The maximum absolute atomic E-state index is 12.0. The van der Waals surface area contributed by atoms with Gasteiger partial charge in [-0.05, 0) is 42.7 Å². The normalized spacial score (nSPS) is 10.3. The van der Waals surface area contributed by atoms with Crippen LogP contribution in [0.5, 0.6) is 5.75 Å². The molecule has 0 spiro atoms. The topological polar surface area (TPSA) is 127 Å². The van der Waals surface area contributed by atoms with Gasteiger partial charge in [-0.1, -0.05) is 0 Å². The fourth-order valence-corrected chi connectivity index (χ4v) is 2.40. The maximum Gasteiger partial charge on any atom is 0.412 e. The van der Waals surface area contributed by atoms with Crippen LogP contribution in [-0.4, -0.2) is 50.8 Å². The van der Waals surface area contributed by atoms with Crippen molar-refractivity contribution in [2.24, 2.45) is 0 Å². The molecule has 0 heterocycles. The number of benzene rings is 1. The summed E-state index contributed by atoms with van der Waals surface area (Å²) in [6.45, 7) is 6.48. The molecular formula is C19H28N3O6-. The van der Waals surface area contributed by atoms with Crippen LogP contribution >= 0.6 is 0 Å². The number of amides is 2. The summed E-state index contributed by atoms with van der Waals surface area (Å²) in [6.07, 6.45) is -0.530. The highest BCUT2D eigenvalue weighted by Gasteiger charge is 2.12. The predicted molar refractivity (Wildman–Crippen MR) is 103 cm³/mol. The van der Waals surface area contributed by atoms with E-state index in [9.17, 15) is 14.4 Å². The van der Waals surface area contributed by atoms with E-state index in [0.29, 0.717) is 25.5 Å². The number of carbonyl (C=O) groups is 3. The van der Waals surface area contributed by atoms with Gasteiger partial charge in [-0.2, -0.15) is 0 Å². The summed E-state index contributed by atoms with van der Waals surface area (Å²) in [7, 11) is 0. The molecular weight excluding hydrogens is 366 g/mol. The van der Waals surface area contributed by atoms with Gasteiger partial charge in [0.25, 0.3) is 0 Å². The second-order valence-electron chi connectivity index (χ2n) is 6.12. The minimum absolute atomic E-state index is 0.118. The number of hydrogen-bond acceptors (Lipinski definition) is 6. The number of nitrogens with one attached hydrogen (secondary N) is 3. The van der Waals surface area contributed by atoms with Gasteiger partial charge in [0, 0.05) is 33.0 Å². The summed E-state index contributed by atoms with van der Waals surface area (Å²) >= 11 is 0. The van der Waals surface area contributed by atoms with E-state index in [4.69, 9.17) is 19.9 Å². The SMILES string of the molecule is CC(=O)OCc1cc(C)c(OC(=O)NCCC(=O)NCCOCC[NH-])c(C)c1. The molecule has 0 aliphatic rings. The van der Waals surface area contributed by atoms with Gasteiger partial charge in [-0.3, -0.25) is 9.59 Å². The second-order valence-corrected chi connectivity index (χ2v) is 6.12. The Morgan fingerprint density at radius 1 is 1.04 bits per heavy atom. The smallest absolute Gasteiger partial charge is 0.412 e. The fraction of sp³-hybridized carbons (Fsp3) is 0.526. The first kappa shape index (κ1) is 23.4. The van der Waals surface area contributed by atoms with Gasteiger partial charge in [0.1, 0.15) is 12.4 Å². The van der Waals surface area contributed by atoms with E-state index in [1.165, 1.54) is 6.92 Å². The van der Waals surface area contributed by atoms with Crippen LogP contribution in [0.4, 0.5) is 4.79 Å². The Labute approximate surface area is 164 Å². The Balaban J connectivity index is 2.38. The third kappa shape index (κ3) is 9.33. The molecule has 3 N–H and O–H groups in total. The molecule has 0 fully saturated rings. The molecule has 0 aliphatic carbocycles. The number of hydrogen-bond donors (Lipinski definition) is 2. The molecule has 1 aromatic rings. The molecule has 9 nitrogen and oxygen atoms in total. The molecule has 156 valence electrons. The Morgan fingerprint density at radius 2 is 1.71 bits per heavy atom. The molecule has 0 atom stereocenters. The molecule has 2 amide bonds. The molecule has 0 saturated heterocycles. The largest absolute Gasteiger partial charge is 0.676 e. The van der Waals surface area contributed by atoms with Gasteiger partial charge in [0.2, 0.25) is 5.91 Å². The summed E-state index contributed by atoms with van der Waals surface area (Å²) in [4.78, 5) is 34.5. The number of esters is 1. The van der Waals surface area contributed by atoms with Gasteiger partial charge in [-0.25, -0.2) is 4.79 Å². The van der Waals surface area contributed by atoms with Crippen molar-refractivity contribution in [1.82, 2.24) is 10.6 Å². The Hall–Kier alpha value is -2.65. The minimum atomic E-state index is -0.648. The van der Waals surface area contributed by atoms with Gasteiger partial charge in [-0.15, -0.1) is 6.54 Å². The molecule has 0 aromatic heterocycles. The second kappa shape index (κ2) is 12.7. The lowest BCUT2D eigenvalue weighted by atomic mass is 10.1. The van der Waals surface area contributed by atoms with E-state index in [-0.39, 0.29) is 38.0 Å². The average molecular weight is 394 g/mol. The van der Waals surface area contributed by atoms with Gasteiger partial charge >= 0.3 is 12.1 Å². The van der Waals surface area contributed by atoms with Crippen LogP contribution in [-0.2, 0) is 25.7 Å². The first-order valence-electron chi connectivity index (χ1n) is 9.01. The summed E-state index contributed by atoms with van der Waals surface area (Å²) < 4.78 is 15.4. The molecule has 1 rings (SSSR count).